The summed E-state index contributed by atoms with van der Waals surface area (Å²) in [5.41, 5.74) is -0.116. The largest absolute Gasteiger partial charge is 0.230 e. The van der Waals surface area contributed by atoms with E-state index in [-0.39, 0.29) is 10.8 Å². The van der Waals surface area contributed by atoms with Gasteiger partial charge in [0.15, 0.2) is 10.8 Å². The van der Waals surface area contributed by atoms with Crippen molar-refractivity contribution in [3.63, 3.8) is 0 Å². The highest BCUT2D eigenvalue weighted by Gasteiger charge is 2.29. The molecule has 0 saturated carbocycles. The average molecular weight is 262 g/mol. The summed E-state index contributed by atoms with van der Waals surface area (Å²) in [5.74, 6) is 0. The van der Waals surface area contributed by atoms with Crippen molar-refractivity contribution in [2.24, 2.45) is 0 Å². The zero-order valence-electron chi connectivity index (χ0n) is 6.66. The summed E-state index contributed by atoms with van der Waals surface area (Å²) in [6.45, 7) is 0. The van der Waals surface area contributed by atoms with E-state index in [2.05, 4.69) is 15.9 Å². The van der Waals surface area contributed by atoms with Gasteiger partial charge in [0.05, 0.1) is 0 Å². The van der Waals surface area contributed by atoms with Crippen molar-refractivity contribution in [1.29, 1.82) is 0 Å². The monoisotopic (exact) mass is 261 g/mol. The number of nitrogens with zero attached hydrogens (tertiary/aromatic N) is 3. The van der Waals surface area contributed by atoms with Gasteiger partial charge in [0.25, 0.3) is 0 Å². The third kappa shape index (κ3) is 2.16. The van der Waals surface area contributed by atoms with Gasteiger partial charge < -0.3 is 0 Å². The first-order valence-electron chi connectivity index (χ1n) is 3.36. The van der Waals surface area contributed by atoms with Crippen molar-refractivity contribution in [1.82, 2.24) is 0 Å². The quantitative estimate of drug-likeness (QED) is 0.610. The van der Waals surface area contributed by atoms with Crippen LogP contribution in [-0.4, -0.2) is 10.1 Å². The average Bonchev–Trinajstić information content (AvgIpc) is 2.02. The number of halogens is 1. The Balaban J connectivity index is 3.12. The molecule has 0 radical (unpaired) electrons. The second-order valence-corrected chi connectivity index (χ2v) is 3.16. The summed E-state index contributed by atoms with van der Waals surface area (Å²) >= 11 is 3.06. The van der Waals surface area contributed by atoms with E-state index in [1.165, 1.54) is 18.2 Å². The Morgan fingerprint density at radius 1 is 1.21 bits per heavy atom. The Hall–Kier alpha value is -1.70. The van der Waals surface area contributed by atoms with E-state index >= 15 is 0 Å². The molecule has 74 valence electrons. The van der Waals surface area contributed by atoms with Crippen molar-refractivity contribution >= 4 is 21.6 Å². The molecule has 0 heterocycles. The minimum atomic E-state index is -1.10. The highest BCUT2D eigenvalue weighted by Crippen LogP contribution is 2.19. The molecule has 8 heteroatoms. The first kappa shape index (κ1) is 10.4. The molecule has 0 aromatic heterocycles. The van der Waals surface area contributed by atoms with Crippen molar-refractivity contribution in [2.45, 2.75) is 0 Å². The van der Waals surface area contributed by atoms with E-state index in [1.807, 2.05) is 0 Å². The van der Waals surface area contributed by atoms with E-state index in [0.717, 1.165) is 0 Å². The second-order valence-electron chi connectivity index (χ2n) is 2.24. The summed E-state index contributed by atoms with van der Waals surface area (Å²) in [6.07, 6.45) is 0. The van der Waals surface area contributed by atoms with Gasteiger partial charge in [-0.25, -0.2) is 20.2 Å². The van der Waals surface area contributed by atoms with E-state index in [0.29, 0.717) is 4.47 Å². The summed E-state index contributed by atoms with van der Waals surface area (Å²) < 4.78 is 0.531. The van der Waals surface area contributed by atoms with Gasteiger partial charge in [-0.1, -0.05) is 22.0 Å². The van der Waals surface area contributed by atoms with Gasteiger partial charge in [0, 0.05) is 4.47 Å². The van der Waals surface area contributed by atoms with Gasteiger partial charge in [0.1, 0.15) is 0 Å². The number of hydrogen-bond donors (Lipinski definition) is 0. The van der Waals surface area contributed by atoms with Crippen molar-refractivity contribution < 1.29 is 10.1 Å². The maximum atomic E-state index is 10.3. The molecule has 1 aromatic carbocycles. The van der Waals surface area contributed by atoms with Crippen LogP contribution in [0.2, 0.25) is 0 Å². The lowest BCUT2D eigenvalue weighted by molar-refractivity contribution is -0.711. The van der Waals surface area contributed by atoms with Crippen LogP contribution in [0, 0.1) is 20.2 Å². The smallest absolute Gasteiger partial charge is 0.228 e. The highest BCUT2D eigenvalue weighted by molar-refractivity contribution is 9.10. The van der Waals surface area contributed by atoms with Gasteiger partial charge in [-0.3, -0.25) is 0 Å². The van der Waals surface area contributed by atoms with Crippen LogP contribution in [0.1, 0.15) is 0 Å². The minimum Gasteiger partial charge on any atom is -0.230 e. The van der Waals surface area contributed by atoms with Gasteiger partial charge in [-0.05, 0) is 18.2 Å². The normalized spacial score (nSPS) is 9.50. The Kier molecular flexibility index (Phi) is 2.97. The molecule has 0 unspecified atom stereocenters. The number of rotatable bonds is 3. The SMILES string of the molecule is O=[N+]([O-])N(c1cccc(Br)c1)[N+](=O)[O-]. The van der Waals surface area contributed by atoms with Crippen molar-refractivity contribution in [3.05, 3.63) is 49.0 Å². The van der Waals surface area contributed by atoms with E-state index in [1.54, 1.807) is 6.07 Å². The van der Waals surface area contributed by atoms with Crippen LogP contribution in [0.4, 0.5) is 5.69 Å². The predicted molar refractivity (Wildman–Crippen MR) is 50.6 cm³/mol. The molecule has 0 saturated heterocycles. The number of hydrazine groups is 2. The standard InChI is InChI=1S/C6H4BrN3O4/c7-5-2-1-3-6(4-5)8(9(11)12)10(13)14/h1-4H. The highest BCUT2D eigenvalue weighted by atomic mass is 79.9. The van der Waals surface area contributed by atoms with Crippen LogP contribution < -0.4 is 5.12 Å². The van der Waals surface area contributed by atoms with Crippen LogP contribution in [0.25, 0.3) is 0 Å². The van der Waals surface area contributed by atoms with Gasteiger partial charge in [-0.2, -0.15) is 0 Å². The first-order chi connectivity index (χ1) is 6.52. The Bertz CT molecular complexity index is 369. The Morgan fingerprint density at radius 3 is 2.21 bits per heavy atom. The summed E-state index contributed by atoms with van der Waals surface area (Å²) in [7, 11) is 0. The Labute approximate surface area is 86.3 Å². The fourth-order valence-electron chi connectivity index (χ4n) is 0.849. The summed E-state index contributed by atoms with van der Waals surface area (Å²) in [5, 5.41) is 18.3. The van der Waals surface area contributed by atoms with E-state index < -0.39 is 10.1 Å². The van der Waals surface area contributed by atoms with E-state index in [4.69, 9.17) is 0 Å². The number of benzene rings is 1. The maximum Gasteiger partial charge on any atom is 0.228 e. The van der Waals surface area contributed by atoms with Gasteiger partial charge in [0.2, 0.25) is 10.1 Å². The fraction of sp³-hybridized carbons (Fsp3) is 0. The molecule has 0 fully saturated rings. The molecule has 14 heavy (non-hydrogen) atoms. The third-order valence-corrected chi connectivity index (χ3v) is 1.84. The minimum absolute atomic E-state index is 0.116. The lowest BCUT2D eigenvalue weighted by atomic mass is 10.3. The maximum absolute atomic E-state index is 10.3. The number of nitro groups is 2. The predicted octanol–water partition coefficient (Wildman–Crippen LogP) is 1.64. The molecular formula is C6H4BrN3O4. The number of hydrogen-bond acceptors (Lipinski definition) is 4. The van der Waals surface area contributed by atoms with Crippen LogP contribution in [0.5, 0.6) is 0 Å². The zero-order valence-corrected chi connectivity index (χ0v) is 8.25. The third-order valence-electron chi connectivity index (χ3n) is 1.35. The molecule has 7 nitrogen and oxygen atoms in total. The lowest BCUT2D eigenvalue weighted by Gasteiger charge is -2.02. The van der Waals surface area contributed by atoms with Crippen molar-refractivity contribution in [3.8, 4) is 0 Å². The van der Waals surface area contributed by atoms with Gasteiger partial charge in [-0.15, -0.1) is 0 Å². The lowest BCUT2D eigenvalue weighted by Crippen LogP contribution is -2.35. The molecule has 1 rings (SSSR count). The zero-order chi connectivity index (χ0) is 10.7. The molecule has 0 aliphatic rings. The van der Waals surface area contributed by atoms with Crippen LogP contribution >= 0.6 is 15.9 Å². The van der Waals surface area contributed by atoms with Gasteiger partial charge >= 0.3 is 0 Å². The molecule has 0 atom stereocenters. The molecule has 1 aromatic rings. The van der Waals surface area contributed by atoms with Crippen LogP contribution in [0.3, 0.4) is 0 Å². The molecule has 0 bridgehead atoms. The van der Waals surface area contributed by atoms with Crippen LogP contribution in [-0.2, 0) is 0 Å². The first-order valence-corrected chi connectivity index (χ1v) is 4.16. The second kappa shape index (κ2) is 4.01. The van der Waals surface area contributed by atoms with E-state index in [9.17, 15) is 20.2 Å². The molecular weight excluding hydrogens is 258 g/mol. The summed E-state index contributed by atoms with van der Waals surface area (Å²) in [6, 6.07) is 5.64. The Morgan fingerprint density at radius 2 is 1.79 bits per heavy atom. The van der Waals surface area contributed by atoms with Crippen LogP contribution in [0.15, 0.2) is 28.7 Å². The topological polar surface area (TPSA) is 89.5 Å². The number of anilines is 1. The molecule has 0 spiro atoms. The molecule has 0 amide bonds. The molecule has 0 N–H and O–H groups in total. The molecule has 0 aliphatic heterocycles. The fourth-order valence-corrected chi connectivity index (χ4v) is 1.24. The molecule has 0 aliphatic carbocycles. The van der Waals surface area contributed by atoms with Crippen molar-refractivity contribution in [2.75, 3.05) is 5.12 Å². The summed E-state index contributed by atoms with van der Waals surface area (Å²) in [4.78, 5) is 20.7.